The van der Waals surface area contributed by atoms with Crippen molar-refractivity contribution in [3.63, 3.8) is 0 Å². The molecule has 7 nitrogen and oxygen atoms in total. The van der Waals surface area contributed by atoms with Crippen LogP contribution < -0.4 is 10.2 Å². The minimum absolute atomic E-state index is 0.0823. The van der Waals surface area contributed by atoms with Crippen molar-refractivity contribution in [2.45, 2.75) is 6.18 Å². The summed E-state index contributed by atoms with van der Waals surface area (Å²) >= 11 is 0. The number of carbonyl (C=O) groups is 2. The lowest BCUT2D eigenvalue weighted by atomic mass is 10.1. The number of halogens is 3. The molecule has 3 rings (SSSR count). The number of nitrogens with one attached hydrogen (secondary N) is 1. The molecule has 10 heteroatoms. The highest BCUT2D eigenvalue weighted by molar-refractivity contribution is 6.03. The van der Waals surface area contributed by atoms with Gasteiger partial charge in [-0.2, -0.15) is 13.2 Å². The molecular weight excluding hydrogens is 363 g/mol. The predicted octanol–water partition coefficient (Wildman–Crippen LogP) is 2.03. The van der Waals surface area contributed by atoms with Crippen LogP contribution in [0.1, 0.15) is 15.9 Å². The lowest BCUT2D eigenvalue weighted by Crippen LogP contribution is -2.46. The van der Waals surface area contributed by atoms with E-state index in [1.54, 1.807) is 17.0 Å². The zero-order valence-electron chi connectivity index (χ0n) is 14.1. The van der Waals surface area contributed by atoms with E-state index in [4.69, 9.17) is 0 Å². The van der Waals surface area contributed by atoms with Crippen LogP contribution in [0.15, 0.2) is 36.4 Å². The first-order valence-corrected chi connectivity index (χ1v) is 8.13. The van der Waals surface area contributed by atoms with Crippen molar-refractivity contribution >= 4 is 24.0 Å². The van der Waals surface area contributed by atoms with Crippen molar-refractivity contribution in [1.29, 1.82) is 0 Å². The molecular formula is C17H16F3N5O2. The molecule has 1 aliphatic heterocycles. The Bertz CT molecular complexity index is 801. The second kappa shape index (κ2) is 7.60. The summed E-state index contributed by atoms with van der Waals surface area (Å²) in [6.07, 6.45) is -3.64. The number of aromatic nitrogens is 2. The molecule has 1 fully saturated rings. The van der Waals surface area contributed by atoms with Gasteiger partial charge < -0.3 is 15.1 Å². The molecule has 0 saturated carbocycles. The molecule has 2 aromatic rings. The van der Waals surface area contributed by atoms with Gasteiger partial charge in [0.2, 0.25) is 6.41 Å². The van der Waals surface area contributed by atoms with E-state index in [-0.39, 0.29) is 11.4 Å². The van der Waals surface area contributed by atoms with E-state index < -0.39 is 17.6 Å². The normalized spacial score (nSPS) is 14.8. The number of carbonyl (C=O) groups excluding carboxylic acids is 2. The van der Waals surface area contributed by atoms with Crippen LogP contribution in [0.5, 0.6) is 0 Å². The number of anilines is 2. The van der Waals surface area contributed by atoms with Gasteiger partial charge in [0, 0.05) is 31.7 Å². The van der Waals surface area contributed by atoms with Crippen LogP contribution in [0.3, 0.4) is 0 Å². The Hall–Kier alpha value is -3.17. The van der Waals surface area contributed by atoms with Crippen molar-refractivity contribution in [3.8, 4) is 0 Å². The van der Waals surface area contributed by atoms with Crippen LogP contribution in [-0.4, -0.2) is 53.6 Å². The predicted molar refractivity (Wildman–Crippen MR) is 91.3 cm³/mol. The van der Waals surface area contributed by atoms with E-state index in [9.17, 15) is 22.8 Å². The van der Waals surface area contributed by atoms with E-state index in [0.717, 1.165) is 30.7 Å². The summed E-state index contributed by atoms with van der Waals surface area (Å²) in [6, 6.07) is 7.16. The van der Waals surface area contributed by atoms with E-state index in [2.05, 4.69) is 15.5 Å². The molecule has 1 saturated heterocycles. The average molecular weight is 379 g/mol. The van der Waals surface area contributed by atoms with Crippen molar-refractivity contribution in [2.24, 2.45) is 0 Å². The van der Waals surface area contributed by atoms with Gasteiger partial charge in [-0.3, -0.25) is 9.59 Å². The molecule has 0 spiro atoms. The maximum absolute atomic E-state index is 12.6. The molecule has 2 heterocycles. The van der Waals surface area contributed by atoms with E-state index >= 15 is 0 Å². The fourth-order valence-electron chi connectivity index (χ4n) is 2.62. The minimum Gasteiger partial charge on any atom is -0.352 e. The van der Waals surface area contributed by atoms with E-state index in [1.165, 1.54) is 0 Å². The Labute approximate surface area is 152 Å². The van der Waals surface area contributed by atoms with Gasteiger partial charge in [-0.25, -0.2) is 0 Å². The maximum Gasteiger partial charge on any atom is 0.416 e. The first-order valence-electron chi connectivity index (χ1n) is 8.13. The van der Waals surface area contributed by atoms with Gasteiger partial charge in [-0.05, 0) is 36.4 Å². The second-order valence-corrected chi connectivity index (χ2v) is 5.93. The van der Waals surface area contributed by atoms with Gasteiger partial charge in [0.1, 0.15) is 0 Å². The Kier molecular flexibility index (Phi) is 5.24. The lowest BCUT2D eigenvalue weighted by Gasteiger charge is -2.32. The fraction of sp³-hybridized carbons (Fsp3) is 0.294. The smallest absolute Gasteiger partial charge is 0.352 e. The summed E-state index contributed by atoms with van der Waals surface area (Å²) in [5.74, 6) is 0.230. The third-order valence-corrected chi connectivity index (χ3v) is 4.15. The zero-order chi connectivity index (χ0) is 19.4. The number of rotatable bonds is 4. The van der Waals surface area contributed by atoms with Crippen LogP contribution >= 0.6 is 0 Å². The molecule has 27 heavy (non-hydrogen) atoms. The van der Waals surface area contributed by atoms with Crippen LogP contribution in [0.2, 0.25) is 0 Å². The van der Waals surface area contributed by atoms with Crippen LogP contribution in [0.25, 0.3) is 0 Å². The first-order chi connectivity index (χ1) is 12.9. The third-order valence-electron chi connectivity index (χ3n) is 4.15. The topological polar surface area (TPSA) is 78.4 Å². The second-order valence-electron chi connectivity index (χ2n) is 5.93. The number of hydrogen-bond donors (Lipinski definition) is 1. The highest BCUT2D eigenvalue weighted by Crippen LogP contribution is 2.29. The van der Waals surface area contributed by atoms with Crippen LogP contribution in [0, 0.1) is 0 Å². The van der Waals surface area contributed by atoms with Gasteiger partial charge in [0.05, 0.1) is 5.56 Å². The van der Waals surface area contributed by atoms with Gasteiger partial charge >= 0.3 is 6.18 Å². The highest BCUT2D eigenvalue weighted by Gasteiger charge is 2.30. The number of hydrogen-bond acceptors (Lipinski definition) is 5. The summed E-state index contributed by atoms with van der Waals surface area (Å²) < 4.78 is 37.7. The number of amides is 2. The van der Waals surface area contributed by atoms with Gasteiger partial charge in [0.15, 0.2) is 11.6 Å². The number of nitrogens with zero attached hydrogens (tertiary/aromatic N) is 4. The summed E-state index contributed by atoms with van der Waals surface area (Å²) in [5.41, 5.74) is -0.739. The quantitative estimate of drug-likeness (QED) is 0.823. The fourth-order valence-corrected chi connectivity index (χ4v) is 2.62. The Morgan fingerprint density at radius 3 is 2.19 bits per heavy atom. The summed E-state index contributed by atoms with van der Waals surface area (Å²) in [4.78, 5) is 26.5. The van der Waals surface area contributed by atoms with Crippen molar-refractivity contribution in [3.05, 3.63) is 47.5 Å². The van der Waals surface area contributed by atoms with Crippen molar-refractivity contribution in [2.75, 3.05) is 36.4 Å². The Morgan fingerprint density at radius 1 is 1.00 bits per heavy atom. The Balaban J connectivity index is 1.61. The molecule has 1 aromatic carbocycles. The zero-order valence-corrected chi connectivity index (χ0v) is 14.1. The Morgan fingerprint density at radius 2 is 1.67 bits per heavy atom. The van der Waals surface area contributed by atoms with Gasteiger partial charge in [-0.15, -0.1) is 10.2 Å². The SMILES string of the molecule is O=CN1CCN(c2ccc(NC(=O)c3ccc(C(F)(F)F)cc3)nn2)CC1. The largest absolute Gasteiger partial charge is 0.416 e. The molecule has 1 N–H and O–H groups in total. The maximum atomic E-state index is 12.6. The van der Waals surface area contributed by atoms with E-state index in [1.807, 2.05) is 4.90 Å². The highest BCUT2D eigenvalue weighted by atomic mass is 19.4. The van der Waals surface area contributed by atoms with Crippen LogP contribution in [0.4, 0.5) is 24.8 Å². The number of benzene rings is 1. The number of piperazine rings is 1. The molecule has 0 atom stereocenters. The number of alkyl halides is 3. The lowest BCUT2D eigenvalue weighted by molar-refractivity contribution is -0.137. The van der Waals surface area contributed by atoms with Crippen molar-refractivity contribution in [1.82, 2.24) is 15.1 Å². The van der Waals surface area contributed by atoms with Gasteiger partial charge in [0.25, 0.3) is 5.91 Å². The standard InChI is InChI=1S/C17H16F3N5O2/c18-17(19,20)13-3-1-12(2-4-13)16(27)21-14-5-6-15(23-22-14)25-9-7-24(11-26)8-10-25/h1-6,11H,7-10H2,(H,21,22,27). The minimum atomic E-state index is -4.45. The molecule has 0 radical (unpaired) electrons. The molecule has 142 valence electrons. The summed E-state index contributed by atoms with van der Waals surface area (Å²) in [7, 11) is 0. The monoisotopic (exact) mass is 379 g/mol. The third kappa shape index (κ3) is 4.52. The summed E-state index contributed by atoms with van der Waals surface area (Å²) in [5, 5.41) is 10.5. The molecule has 0 unspecified atom stereocenters. The van der Waals surface area contributed by atoms with E-state index in [0.29, 0.717) is 32.0 Å². The first kappa shape index (κ1) is 18.6. The molecule has 0 bridgehead atoms. The van der Waals surface area contributed by atoms with Crippen LogP contribution in [-0.2, 0) is 11.0 Å². The van der Waals surface area contributed by atoms with Crippen molar-refractivity contribution < 1.29 is 22.8 Å². The molecule has 0 aliphatic carbocycles. The average Bonchev–Trinajstić information content (AvgIpc) is 2.68. The molecule has 1 aromatic heterocycles. The molecule has 2 amide bonds. The van der Waals surface area contributed by atoms with Gasteiger partial charge in [-0.1, -0.05) is 0 Å². The summed E-state index contributed by atoms with van der Waals surface area (Å²) in [6.45, 7) is 2.45. The molecule has 1 aliphatic rings.